The molecule has 126 valence electrons. The SMILES string of the molecule is CCCCCCCCCCCC(=O)OCCOC(C)CC. The minimum atomic E-state index is -0.0781. The van der Waals surface area contributed by atoms with Crippen LogP contribution in [0, 0.1) is 0 Å². The molecule has 3 heteroatoms. The molecule has 21 heavy (non-hydrogen) atoms. The fourth-order valence-electron chi connectivity index (χ4n) is 2.17. The lowest BCUT2D eigenvalue weighted by Crippen LogP contribution is -2.14. The van der Waals surface area contributed by atoms with E-state index in [0.717, 1.165) is 19.3 Å². The van der Waals surface area contributed by atoms with Crippen LogP contribution in [0.3, 0.4) is 0 Å². The van der Waals surface area contributed by atoms with Crippen LogP contribution in [-0.2, 0) is 14.3 Å². The Morgan fingerprint density at radius 2 is 1.43 bits per heavy atom. The van der Waals surface area contributed by atoms with Crippen molar-refractivity contribution in [2.45, 2.75) is 97.5 Å². The fraction of sp³-hybridized carbons (Fsp3) is 0.944. The molecule has 0 aliphatic rings. The molecule has 0 fully saturated rings. The second-order valence-corrected chi connectivity index (χ2v) is 5.89. The first-order chi connectivity index (χ1) is 10.2. The molecule has 0 saturated heterocycles. The highest BCUT2D eigenvalue weighted by atomic mass is 16.6. The zero-order chi connectivity index (χ0) is 15.8. The van der Waals surface area contributed by atoms with E-state index in [0.29, 0.717) is 19.6 Å². The first-order valence-corrected chi connectivity index (χ1v) is 8.97. The number of hydrogen-bond donors (Lipinski definition) is 0. The fourth-order valence-corrected chi connectivity index (χ4v) is 2.17. The molecule has 0 aromatic carbocycles. The maximum Gasteiger partial charge on any atom is 0.305 e. The van der Waals surface area contributed by atoms with Crippen molar-refractivity contribution in [3.8, 4) is 0 Å². The van der Waals surface area contributed by atoms with Crippen LogP contribution in [0.1, 0.15) is 91.4 Å². The van der Waals surface area contributed by atoms with Gasteiger partial charge in [0.2, 0.25) is 0 Å². The van der Waals surface area contributed by atoms with Gasteiger partial charge in [0.1, 0.15) is 6.61 Å². The van der Waals surface area contributed by atoms with Gasteiger partial charge in [0.05, 0.1) is 12.7 Å². The summed E-state index contributed by atoms with van der Waals surface area (Å²) in [5, 5.41) is 0. The van der Waals surface area contributed by atoms with E-state index in [1.165, 1.54) is 44.9 Å². The predicted molar refractivity (Wildman–Crippen MR) is 88.5 cm³/mol. The molecule has 0 rings (SSSR count). The molecular weight excluding hydrogens is 264 g/mol. The second kappa shape index (κ2) is 15.8. The van der Waals surface area contributed by atoms with Gasteiger partial charge < -0.3 is 9.47 Å². The monoisotopic (exact) mass is 300 g/mol. The van der Waals surface area contributed by atoms with Crippen molar-refractivity contribution in [3.63, 3.8) is 0 Å². The van der Waals surface area contributed by atoms with Crippen molar-refractivity contribution in [1.29, 1.82) is 0 Å². The number of unbranched alkanes of at least 4 members (excludes halogenated alkanes) is 8. The van der Waals surface area contributed by atoms with Crippen molar-refractivity contribution in [1.82, 2.24) is 0 Å². The van der Waals surface area contributed by atoms with Gasteiger partial charge in [-0.15, -0.1) is 0 Å². The summed E-state index contributed by atoms with van der Waals surface area (Å²) in [7, 11) is 0. The van der Waals surface area contributed by atoms with Crippen molar-refractivity contribution in [2.75, 3.05) is 13.2 Å². The van der Waals surface area contributed by atoms with Crippen LogP contribution in [0.2, 0.25) is 0 Å². The van der Waals surface area contributed by atoms with E-state index in [1.54, 1.807) is 0 Å². The Labute approximate surface area is 131 Å². The summed E-state index contributed by atoms with van der Waals surface area (Å²) in [5.74, 6) is -0.0781. The van der Waals surface area contributed by atoms with Crippen LogP contribution < -0.4 is 0 Å². The predicted octanol–water partition coefficient (Wildman–Crippen LogP) is 5.27. The normalized spacial score (nSPS) is 12.3. The van der Waals surface area contributed by atoms with E-state index in [-0.39, 0.29) is 12.1 Å². The number of carbonyl (C=O) groups is 1. The number of esters is 1. The zero-order valence-electron chi connectivity index (χ0n) is 14.5. The molecular formula is C18H36O3. The van der Waals surface area contributed by atoms with Crippen molar-refractivity contribution in [3.05, 3.63) is 0 Å². The molecule has 1 atom stereocenters. The van der Waals surface area contributed by atoms with E-state index >= 15 is 0 Å². The molecule has 0 bridgehead atoms. The summed E-state index contributed by atoms with van der Waals surface area (Å²) in [5.41, 5.74) is 0. The molecule has 3 nitrogen and oxygen atoms in total. The minimum Gasteiger partial charge on any atom is -0.463 e. The van der Waals surface area contributed by atoms with E-state index in [9.17, 15) is 4.79 Å². The lowest BCUT2D eigenvalue weighted by Gasteiger charge is -2.10. The van der Waals surface area contributed by atoms with Crippen molar-refractivity contribution >= 4 is 5.97 Å². The van der Waals surface area contributed by atoms with Crippen molar-refractivity contribution in [2.24, 2.45) is 0 Å². The summed E-state index contributed by atoms with van der Waals surface area (Å²) in [4.78, 5) is 11.5. The average molecular weight is 300 g/mol. The molecule has 1 unspecified atom stereocenters. The summed E-state index contributed by atoms with van der Waals surface area (Å²) < 4.78 is 10.6. The Morgan fingerprint density at radius 3 is 2.00 bits per heavy atom. The van der Waals surface area contributed by atoms with Gasteiger partial charge >= 0.3 is 5.97 Å². The van der Waals surface area contributed by atoms with Gasteiger partial charge in [0.25, 0.3) is 0 Å². The maximum absolute atomic E-state index is 11.5. The molecule has 0 aromatic rings. The second-order valence-electron chi connectivity index (χ2n) is 5.89. The molecule has 0 aromatic heterocycles. The van der Waals surface area contributed by atoms with E-state index in [2.05, 4.69) is 13.8 Å². The Hall–Kier alpha value is -0.570. The standard InChI is InChI=1S/C18H36O3/c1-4-6-7-8-9-10-11-12-13-14-18(19)21-16-15-20-17(3)5-2/h17H,4-16H2,1-3H3. The van der Waals surface area contributed by atoms with Gasteiger partial charge in [-0.2, -0.15) is 0 Å². The molecule has 0 radical (unpaired) electrons. The Morgan fingerprint density at radius 1 is 0.857 bits per heavy atom. The molecule has 0 amide bonds. The first-order valence-electron chi connectivity index (χ1n) is 8.97. The molecule has 0 aliphatic carbocycles. The van der Waals surface area contributed by atoms with Gasteiger partial charge in [-0.05, 0) is 19.8 Å². The van der Waals surface area contributed by atoms with Gasteiger partial charge in [0.15, 0.2) is 0 Å². The van der Waals surface area contributed by atoms with Gasteiger partial charge in [-0.3, -0.25) is 4.79 Å². The van der Waals surface area contributed by atoms with Crippen LogP contribution in [0.25, 0.3) is 0 Å². The lowest BCUT2D eigenvalue weighted by atomic mass is 10.1. The smallest absolute Gasteiger partial charge is 0.305 e. The molecule has 0 aliphatic heterocycles. The average Bonchev–Trinajstić information content (AvgIpc) is 2.49. The molecule has 0 heterocycles. The van der Waals surface area contributed by atoms with Crippen LogP contribution >= 0.6 is 0 Å². The summed E-state index contributed by atoms with van der Waals surface area (Å²) >= 11 is 0. The van der Waals surface area contributed by atoms with Gasteiger partial charge in [-0.25, -0.2) is 0 Å². The number of hydrogen-bond acceptors (Lipinski definition) is 3. The Kier molecular flexibility index (Phi) is 15.4. The Bertz CT molecular complexity index is 229. The van der Waals surface area contributed by atoms with E-state index in [1.807, 2.05) is 6.92 Å². The minimum absolute atomic E-state index is 0.0781. The van der Waals surface area contributed by atoms with E-state index in [4.69, 9.17) is 9.47 Å². The summed E-state index contributed by atoms with van der Waals surface area (Å²) in [6, 6.07) is 0. The number of ether oxygens (including phenoxy) is 2. The zero-order valence-corrected chi connectivity index (χ0v) is 14.5. The largest absolute Gasteiger partial charge is 0.463 e. The quantitative estimate of drug-likeness (QED) is 0.305. The lowest BCUT2D eigenvalue weighted by molar-refractivity contribution is -0.145. The van der Waals surface area contributed by atoms with Crippen LogP contribution in [0.5, 0.6) is 0 Å². The van der Waals surface area contributed by atoms with Crippen LogP contribution in [0.4, 0.5) is 0 Å². The van der Waals surface area contributed by atoms with Gasteiger partial charge in [0, 0.05) is 6.42 Å². The number of carbonyl (C=O) groups excluding carboxylic acids is 1. The van der Waals surface area contributed by atoms with Crippen LogP contribution in [0.15, 0.2) is 0 Å². The van der Waals surface area contributed by atoms with Gasteiger partial charge in [-0.1, -0.05) is 65.2 Å². The number of rotatable bonds is 15. The maximum atomic E-state index is 11.5. The highest BCUT2D eigenvalue weighted by Gasteiger charge is 2.03. The molecule has 0 saturated carbocycles. The topological polar surface area (TPSA) is 35.5 Å². The third-order valence-electron chi connectivity index (χ3n) is 3.81. The molecule has 0 spiro atoms. The summed E-state index contributed by atoms with van der Waals surface area (Å²) in [6.45, 7) is 7.26. The third-order valence-corrected chi connectivity index (χ3v) is 3.81. The summed E-state index contributed by atoms with van der Waals surface area (Å²) in [6.07, 6.45) is 13.2. The van der Waals surface area contributed by atoms with Crippen molar-refractivity contribution < 1.29 is 14.3 Å². The molecule has 0 N–H and O–H groups in total. The van der Waals surface area contributed by atoms with E-state index < -0.39 is 0 Å². The highest BCUT2D eigenvalue weighted by molar-refractivity contribution is 5.69. The Balaban J connectivity index is 3.19. The third kappa shape index (κ3) is 15.6. The highest BCUT2D eigenvalue weighted by Crippen LogP contribution is 2.10. The van der Waals surface area contributed by atoms with Crippen LogP contribution in [-0.4, -0.2) is 25.3 Å². The first kappa shape index (κ1) is 20.4.